The molecular formula is C21H17Br2Ti. The minimum atomic E-state index is 0. The van der Waals surface area contributed by atoms with Crippen LogP contribution in [0.5, 0.6) is 0 Å². The third-order valence-corrected chi connectivity index (χ3v) is 4.30. The van der Waals surface area contributed by atoms with E-state index < -0.39 is 0 Å². The summed E-state index contributed by atoms with van der Waals surface area (Å²) in [6, 6.07) is 26.5. The van der Waals surface area contributed by atoms with Gasteiger partial charge in [0.15, 0.2) is 0 Å². The van der Waals surface area contributed by atoms with Crippen molar-refractivity contribution in [3.8, 4) is 11.1 Å². The van der Waals surface area contributed by atoms with Crippen molar-refractivity contribution in [3.63, 3.8) is 0 Å². The number of aryl methyl sites for hydroxylation is 1. The van der Waals surface area contributed by atoms with E-state index in [1.165, 1.54) is 38.2 Å². The molecule has 0 aliphatic heterocycles. The van der Waals surface area contributed by atoms with Crippen LogP contribution in [-0.4, -0.2) is 0 Å². The second kappa shape index (κ2) is 9.06. The van der Waals surface area contributed by atoms with Gasteiger partial charge in [-0.3, -0.25) is 0 Å². The molecule has 1 radical (unpaired) electrons. The molecule has 0 saturated carbocycles. The number of fused-ring (bicyclic) bond motifs is 2. The third-order valence-electron chi connectivity index (χ3n) is 4.30. The normalized spacial score (nSPS) is 9.88. The molecule has 0 aliphatic rings. The van der Waals surface area contributed by atoms with Gasteiger partial charge in [0.1, 0.15) is 0 Å². The molecule has 0 fully saturated rings. The van der Waals surface area contributed by atoms with Gasteiger partial charge >= 0.3 is 21.7 Å². The molecule has 24 heavy (non-hydrogen) atoms. The Labute approximate surface area is 179 Å². The Balaban J connectivity index is 0.000000960. The van der Waals surface area contributed by atoms with E-state index in [9.17, 15) is 0 Å². The van der Waals surface area contributed by atoms with Gasteiger partial charge in [0, 0.05) is 0 Å². The minimum Gasteiger partial charge on any atom is -1.00 e. The van der Waals surface area contributed by atoms with Crippen LogP contribution in [0.15, 0.2) is 72.8 Å². The summed E-state index contributed by atoms with van der Waals surface area (Å²) in [7, 11) is 0. The Morgan fingerprint density at radius 1 is 0.750 bits per heavy atom. The fraction of sp³-hybridized carbons (Fsp3) is 0.0952. The first-order valence-electron chi connectivity index (χ1n) is 7.53. The van der Waals surface area contributed by atoms with E-state index in [0.29, 0.717) is 0 Å². The van der Waals surface area contributed by atoms with Crippen LogP contribution in [0.2, 0.25) is 0 Å². The van der Waals surface area contributed by atoms with Gasteiger partial charge < -0.3 is 34.0 Å². The van der Waals surface area contributed by atoms with Crippen LogP contribution >= 0.6 is 0 Å². The Morgan fingerprint density at radius 2 is 1.38 bits per heavy atom. The molecule has 0 bridgehead atoms. The molecule has 0 spiro atoms. The van der Waals surface area contributed by atoms with Crippen LogP contribution < -0.4 is 34.0 Å². The molecule has 4 aromatic carbocycles. The maximum atomic E-state index is 2.34. The molecule has 4 aromatic rings. The Hall–Kier alpha value is -0.796. The maximum absolute atomic E-state index is 2.34. The number of hydrogen-bond donors (Lipinski definition) is 0. The van der Waals surface area contributed by atoms with Crippen molar-refractivity contribution in [2.75, 3.05) is 0 Å². The zero-order valence-electron chi connectivity index (χ0n) is 13.4. The minimum absolute atomic E-state index is 0. The van der Waals surface area contributed by atoms with Gasteiger partial charge in [0.2, 0.25) is 0 Å². The summed E-state index contributed by atoms with van der Waals surface area (Å²) >= 11 is 0. The van der Waals surface area contributed by atoms with Gasteiger partial charge in [0.25, 0.3) is 0 Å². The first kappa shape index (κ1) is 21.2. The second-order valence-electron chi connectivity index (χ2n) is 5.55. The largest absolute Gasteiger partial charge is 3.00 e. The first-order chi connectivity index (χ1) is 10.4. The molecule has 119 valence electrons. The quantitative estimate of drug-likeness (QED) is 0.281. The summed E-state index contributed by atoms with van der Waals surface area (Å²) in [6.45, 7) is 2.21. The molecule has 3 heteroatoms. The van der Waals surface area contributed by atoms with Crippen LogP contribution in [0.1, 0.15) is 12.5 Å². The van der Waals surface area contributed by atoms with E-state index in [-0.39, 0.29) is 55.7 Å². The van der Waals surface area contributed by atoms with Crippen LogP contribution in [0.4, 0.5) is 0 Å². The predicted octanol–water partition coefficient (Wildman–Crippen LogP) is -0.0532. The van der Waals surface area contributed by atoms with E-state index in [2.05, 4.69) is 79.7 Å². The summed E-state index contributed by atoms with van der Waals surface area (Å²) in [5, 5.41) is 5.34. The predicted molar refractivity (Wildman–Crippen MR) is 91.9 cm³/mol. The fourth-order valence-electron chi connectivity index (χ4n) is 3.20. The smallest absolute Gasteiger partial charge is 1.00 e. The fourth-order valence-corrected chi connectivity index (χ4v) is 3.20. The Morgan fingerprint density at radius 3 is 2.12 bits per heavy atom. The van der Waals surface area contributed by atoms with Crippen molar-refractivity contribution in [1.29, 1.82) is 0 Å². The zero-order valence-corrected chi connectivity index (χ0v) is 18.1. The van der Waals surface area contributed by atoms with E-state index in [1.54, 1.807) is 0 Å². The van der Waals surface area contributed by atoms with Gasteiger partial charge in [-0.1, -0.05) is 61.0 Å². The molecular weight excluding hydrogens is 460 g/mol. The van der Waals surface area contributed by atoms with Gasteiger partial charge in [-0.2, -0.15) is 6.07 Å². The standard InChI is InChI=1S/C21H17.2BrH.Ti/c1-2-15-13-17-9-6-12-20(21(17)14-15)19-11-5-8-16-7-3-4-10-18(16)19;;;/h3-14H,2H2,1H3;2*1H;/q-1;;;+3/p-2. The average molecular weight is 477 g/mol. The first-order valence-corrected chi connectivity index (χ1v) is 7.53. The van der Waals surface area contributed by atoms with Crippen molar-refractivity contribution in [3.05, 3.63) is 78.4 Å². The SMILES string of the molecule is CCc1cc2c(-c3cccc4ccccc34)cccc2[cH-]1.[Br-].[Br-].[Ti+3]. The summed E-state index contributed by atoms with van der Waals surface area (Å²) in [4.78, 5) is 0. The molecule has 0 N–H and O–H groups in total. The maximum Gasteiger partial charge on any atom is 3.00 e. The van der Waals surface area contributed by atoms with Crippen molar-refractivity contribution in [2.24, 2.45) is 0 Å². The van der Waals surface area contributed by atoms with Gasteiger partial charge in [-0.25, -0.2) is 0 Å². The third kappa shape index (κ3) is 3.73. The van der Waals surface area contributed by atoms with Crippen molar-refractivity contribution in [1.82, 2.24) is 0 Å². The van der Waals surface area contributed by atoms with Crippen molar-refractivity contribution in [2.45, 2.75) is 13.3 Å². The summed E-state index contributed by atoms with van der Waals surface area (Å²) in [5.74, 6) is 0. The van der Waals surface area contributed by atoms with E-state index in [0.717, 1.165) is 6.42 Å². The molecule has 0 heterocycles. The molecule has 0 atom stereocenters. The Bertz CT molecular complexity index is 936. The van der Waals surface area contributed by atoms with Crippen LogP contribution in [0.3, 0.4) is 0 Å². The number of hydrogen-bond acceptors (Lipinski definition) is 0. The average Bonchev–Trinajstić information content (AvgIpc) is 2.97. The van der Waals surface area contributed by atoms with Crippen molar-refractivity contribution >= 4 is 21.5 Å². The molecule has 0 nitrogen and oxygen atoms in total. The number of halogens is 2. The molecule has 0 saturated heterocycles. The van der Waals surface area contributed by atoms with E-state index in [1.807, 2.05) is 0 Å². The monoisotopic (exact) mass is 475 g/mol. The number of rotatable bonds is 2. The molecule has 0 aliphatic carbocycles. The van der Waals surface area contributed by atoms with E-state index in [4.69, 9.17) is 0 Å². The zero-order chi connectivity index (χ0) is 14.2. The van der Waals surface area contributed by atoms with Crippen LogP contribution in [-0.2, 0) is 28.1 Å². The molecule has 4 rings (SSSR count). The second-order valence-corrected chi connectivity index (χ2v) is 5.55. The summed E-state index contributed by atoms with van der Waals surface area (Å²) < 4.78 is 0. The topological polar surface area (TPSA) is 0 Å². The Kier molecular flexibility index (Phi) is 8.02. The van der Waals surface area contributed by atoms with Crippen LogP contribution in [0, 0.1) is 0 Å². The summed E-state index contributed by atoms with van der Waals surface area (Å²) in [6.07, 6.45) is 1.09. The molecule has 0 aromatic heterocycles. The van der Waals surface area contributed by atoms with Crippen LogP contribution in [0.25, 0.3) is 32.7 Å². The number of benzene rings is 3. The van der Waals surface area contributed by atoms with Gasteiger partial charge in [-0.05, 0) is 22.8 Å². The van der Waals surface area contributed by atoms with Crippen molar-refractivity contribution < 1.29 is 55.7 Å². The molecule has 0 amide bonds. The van der Waals surface area contributed by atoms with Gasteiger partial charge in [0.05, 0.1) is 0 Å². The van der Waals surface area contributed by atoms with Gasteiger partial charge in [-0.15, -0.1) is 34.5 Å². The summed E-state index contributed by atoms with van der Waals surface area (Å²) in [5.41, 5.74) is 4.08. The van der Waals surface area contributed by atoms with E-state index >= 15 is 0 Å². The molecule has 0 unspecified atom stereocenters.